The van der Waals surface area contributed by atoms with Gasteiger partial charge < -0.3 is 21.5 Å². The quantitative estimate of drug-likeness (QED) is 0.403. The van der Waals surface area contributed by atoms with Crippen molar-refractivity contribution in [2.75, 3.05) is 6.61 Å². The number of amides is 2. The van der Waals surface area contributed by atoms with E-state index in [2.05, 4.69) is 10.6 Å². The molecule has 3 atom stereocenters. The molecule has 0 aliphatic rings. The Morgan fingerprint density at radius 2 is 1.69 bits per heavy atom. The van der Waals surface area contributed by atoms with E-state index in [4.69, 9.17) is 5.73 Å². The normalized spacial score (nSPS) is 13.6. The van der Waals surface area contributed by atoms with Crippen LogP contribution in [0.2, 0.25) is 0 Å². The Morgan fingerprint density at radius 3 is 2.31 bits per heavy atom. The Bertz CT molecular complexity index is 901. The summed E-state index contributed by atoms with van der Waals surface area (Å²) in [4.78, 5) is 38.2. The maximum atomic E-state index is 13.1. The van der Waals surface area contributed by atoms with Crippen LogP contribution in [0.15, 0.2) is 54.6 Å². The average molecular weight is 440 g/mol. The van der Waals surface area contributed by atoms with Crippen LogP contribution in [0.25, 0.3) is 0 Å². The fraction of sp³-hybridized carbons (Fsp3) is 0.400. The van der Waals surface area contributed by atoms with E-state index in [0.717, 1.165) is 11.1 Å². The Kier molecular flexibility index (Phi) is 10.0. The Balaban J connectivity index is 2.12. The lowest BCUT2D eigenvalue weighted by Crippen LogP contribution is -2.54. The molecule has 0 fully saturated rings. The highest BCUT2D eigenvalue weighted by Crippen LogP contribution is 2.12. The van der Waals surface area contributed by atoms with Crippen molar-refractivity contribution in [3.05, 3.63) is 71.3 Å². The number of ketones is 1. The second-order valence-corrected chi connectivity index (χ2v) is 7.95. The van der Waals surface area contributed by atoms with Crippen LogP contribution in [0.5, 0.6) is 0 Å². The van der Waals surface area contributed by atoms with Crippen molar-refractivity contribution >= 4 is 17.6 Å². The lowest BCUT2D eigenvalue weighted by molar-refractivity contribution is -0.131. The number of carbonyl (C=O) groups excluding carboxylic acids is 3. The molecule has 172 valence electrons. The van der Waals surface area contributed by atoms with Gasteiger partial charge in [-0.1, -0.05) is 62.7 Å². The zero-order valence-electron chi connectivity index (χ0n) is 18.7. The van der Waals surface area contributed by atoms with Gasteiger partial charge >= 0.3 is 0 Å². The molecule has 7 nitrogen and oxygen atoms in total. The van der Waals surface area contributed by atoms with Crippen LogP contribution in [0.3, 0.4) is 0 Å². The lowest BCUT2D eigenvalue weighted by atomic mass is 9.96. The molecule has 0 heterocycles. The van der Waals surface area contributed by atoms with Crippen LogP contribution >= 0.6 is 0 Å². The molecular weight excluding hydrogens is 406 g/mol. The predicted octanol–water partition coefficient (Wildman–Crippen LogP) is 1.97. The van der Waals surface area contributed by atoms with Gasteiger partial charge in [-0.15, -0.1) is 0 Å². The number of hydrogen-bond acceptors (Lipinski definition) is 5. The van der Waals surface area contributed by atoms with Crippen LogP contribution in [-0.2, 0) is 22.6 Å². The summed E-state index contributed by atoms with van der Waals surface area (Å²) >= 11 is 0. The van der Waals surface area contributed by atoms with Gasteiger partial charge in [-0.2, -0.15) is 0 Å². The number of nitrogens with two attached hydrogens (primary N) is 1. The van der Waals surface area contributed by atoms with Crippen molar-refractivity contribution in [1.29, 1.82) is 0 Å². The molecule has 0 spiro atoms. The molecule has 32 heavy (non-hydrogen) atoms. The van der Waals surface area contributed by atoms with Crippen molar-refractivity contribution in [3.63, 3.8) is 0 Å². The first-order valence-electron chi connectivity index (χ1n) is 11.0. The minimum atomic E-state index is -0.836. The van der Waals surface area contributed by atoms with Gasteiger partial charge in [0.1, 0.15) is 12.6 Å². The fourth-order valence-corrected chi connectivity index (χ4v) is 3.41. The van der Waals surface area contributed by atoms with E-state index >= 15 is 0 Å². The number of carbonyl (C=O) groups is 3. The van der Waals surface area contributed by atoms with Gasteiger partial charge in [0.2, 0.25) is 5.91 Å². The third kappa shape index (κ3) is 7.28. The number of aryl methyl sites for hydroxylation is 1. The predicted molar refractivity (Wildman–Crippen MR) is 124 cm³/mol. The summed E-state index contributed by atoms with van der Waals surface area (Å²) < 4.78 is 0. The second-order valence-electron chi connectivity index (χ2n) is 7.95. The average Bonchev–Trinajstić information content (AvgIpc) is 2.84. The van der Waals surface area contributed by atoms with Gasteiger partial charge in [0.15, 0.2) is 5.78 Å². The molecule has 0 unspecified atom stereocenters. The molecule has 0 aromatic heterocycles. The molecule has 2 rings (SSSR count). The van der Waals surface area contributed by atoms with Crippen LogP contribution < -0.4 is 16.4 Å². The number of aliphatic hydroxyl groups is 1. The highest BCUT2D eigenvalue weighted by atomic mass is 16.3. The van der Waals surface area contributed by atoms with E-state index in [-0.39, 0.29) is 11.8 Å². The molecule has 0 radical (unpaired) electrons. The number of nitrogens with one attached hydrogen (secondary N) is 2. The summed E-state index contributed by atoms with van der Waals surface area (Å²) in [7, 11) is 0. The van der Waals surface area contributed by atoms with Gasteiger partial charge in [0.25, 0.3) is 5.91 Å². The molecule has 5 N–H and O–H groups in total. The number of rotatable bonds is 12. The van der Waals surface area contributed by atoms with Crippen molar-refractivity contribution in [3.8, 4) is 0 Å². The second kappa shape index (κ2) is 12.7. The minimum absolute atomic E-state index is 0.157. The lowest BCUT2D eigenvalue weighted by Gasteiger charge is -2.26. The summed E-state index contributed by atoms with van der Waals surface area (Å²) in [6, 6.07) is 14.9. The third-order valence-electron chi connectivity index (χ3n) is 5.63. The van der Waals surface area contributed by atoms with E-state index in [9.17, 15) is 19.5 Å². The van der Waals surface area contributed by atoms with Gasteiger partial charge in [-0.3, -0.25) is 14.4 Å². The van der Waals surface area contributed by atoms with Gasteiger partial charge in [0, 0.05) is 12.1 Å². The van der Waals surface area contributed by atoms with E-state index < -0.39 is 30.4 Å². The summed E-state index contributed by atoms with van der Waals surface area (Å²) in [6.45, 7) is 3.44. The van der Waals surface area contributed by atoms with Gasteiger partial charge in [-0.25, -0.2) is 0 Å². The topological polar surface area (TPSA) is 122 Å². The smallest absolute Gasteiger partial charge is 0.251 e. The van der Waals surface area contributed by atoms with Crippen molar-refractivity contribution in [1.82, 2.24) is 10.6 Å². The zero-order valence-corrected chi connectivity index (χ0v) is 18.7. The monoisotopic (exact) mass is 439 g/mol. The highest BCUT2D eigenvalue weighted by Gasteiger charge is 2.29. The summed E-state index contributed by atoms with van der Waals surface area (Å²) in [6.07, 6.45) is 1.59. The molecule has 0 aliphatic carbocycles. The van der Waals surface area contributed by atoms with Crippen molar-refractivity contribution < 1.29 is 19.5 Å². The van der Waals surface area contributed by atoms with Gasteiger partial charge in [-0.05, 0) is 42.0 Å². The zero-order chi connectivity index (χ0) is 23.5. The number of Topliss-reactive ketones (excluding diaryl/α,β-unsaturated/α-hetero) is 1. The largest absolute Gasteiger partial charge is 0.389 e. The molecule has 0 bridgehead atoms. The number of hydrogen-bond donors (Lipinski definition) is 4. The molecule has 0 saturated carbocycles. The Hall–Kier alpha value is -3.03. The van der Waals surface area contributed by atoms with Crippen LogP contribution in [0, 0.1) is 5.92 Å². The third-order valence-corrected chi connectivity index (χ3v) is 5.63. The highest BCUT2D eigenvalue weighted by molar-refractivity contribution is 5.98. The SMILES string of the molecule is CC[C@@H](C)[C@H](NC(=O)c1cccc(CN)c1)C(=O)N[C@@H](CCc1ccccc1)C(=O)CO. The first kappa shape index (κ1) is 25.2. The fourth-order valence-electron chi connectivity index (χ4n) is 3.41. The number of benzene rings is 2. The summed E-state index contributed by atoms with van der Waals surface area (Å²) in [5, 5.41) is 14.9. The molecule has 7 heteroatoms. The number of aliphatic hydroxyl groups excluding tert-OH is 1. The van der Waals surface area contributed by atoms with E-state index in [1.54, 1.807) is 18.2 Å². The Labute approximate surface area is 189 Å². The maximum absolute atomic E-state index is 13.1. The van der Waals surface area contributed by atoms with Crippen LogP contribution in [0.1, 0.15) is 48.2 Å². The first-order chi connectivity index (χ1) is 15.4. The molecule has 2 amide bonds. The maximum Gasteiger partial charge on any atom is 0.251 e. The van der Waals surface area contributed by atoms with Crippen molar-refractivity contribution in [2.45, 2.75) is 51.7 Å². The molecule has 2 aromatic rings. The first-order valence-corrected chi connectivity index (χ1v) is 11.0. The van der Waals surface area contributed by atoms with Crippen molar-refractivity contribution in [2.24, 2.45) is 11.7 Å². The van der Waals surface area contributed by atoms with Gasteiger partial charge in [0.05, 0.1) is 6.04 Å². The minimum Gasteiger partial charge on any atom is -0.389 e. The Morgan fingerprint density at radius 1 is 1.00 bits per heavy atom. The van der Waals surface area contributed by atoms with Crippen LogP contribution in [0.4, 0.5) is 0 Å². The molecule has 0 saturated heterocycles. The summed E-state index contributed by atoms with van der Waals surface area (Å²) in [5.41, 5.74) is 7.92. The van der Waals surface area contributed by atoms with E-state index in [1.165, 1.54) is 0 Å². The molecular formula is C25H33N3O4. The standard InChI is InChI=1S/C25H33N3O4/c1-3-17(2)23(28-24(31)20-11-7-10-19(14-20)15-26)25(32)27-21(22(30)16-29)13-12-18-8-5-4-6-9-18/h4-11,14,17,21,23,29H,3,12-13,15-16,26H2,1-2H3,(H,27,32)(H,28,31)/t17-,21+,23+/m1/s1. The molecule has 0 aliphatic heterocycles. The summed E-state index contributed by atoms with van der Waals surface area (Å²) in [5.74, 6) is -1.44. The van der Waals surface area contributed by atoms with E-state index in [1.807, 2.05) is 50.2 Å². The van der Waals surface area contributed by atoms with E-state index in [0.29, 0.717) is 31.4 Å². The molecule has 2 aromatic carbocycles. The van der Waals surface area contributed by atoms with Crippen LogP contribution in [-0.4, -0.2) is 41.4 Å².